The van der Waals surface area contributed by atoms with E-state index >= 15 is 0 Å². The maximum atomic E-state index is 11.9. The molecular formula is C22H26N2O2. The fourth-order valence-corrected chi connectivity index (χ4v) is 2.89. The molecule has 0 fully saturated rings. The number of anilines is 1. The van der Waals surface area contributed by atoms with Crippen LogP contribution in [-0.4, -0.2) is 10.9 Å². The molecule has 136 valence electrons. The number of nitrogens with zero attached hydrogens (tertiary/aromatic N) is 1. The van der Waals surface area contributed by atoms with Gasteiger partial charge in [-0.25, -0.2) is 4.98 Å². The lowest BCUT2D eigenvalue weighted by Crippen LogP contribution is -2.13. The van der Waals surface area contributed by atoms with Crippen molar-refractivity contribution < 1.29 is 9.21 Å². The van der Waals surface area contributed by atoms with Crippen LogP contribution in [0.3, 0.4) is 0 Å². The second kappa shape index (κ2) is 7.73. The lowest BCUT2D eigenvalue weighted by atomic mass is 9.98. The largest absolute Gasteiger partial charge is 0.436 e. The van der Waals surface area contributed by atoms with Crippen molar-refractivity contribution in [3.63, 3.8) is 0 Å². The van der Waals surface area contributed by atoms with Gasteiger partial charge in [-0.2, -0.15) is 0 Å². The van der Waals surface area contributed by atoms with Crippen LogP contribution in [0.15, 0.2) is 46.9 Å². The molecule has 1 heterocycles. The Hall–Kier alpha value is -2.62. The second-order valence-electron chi connectivity index (χ2n) is 7.28. The van der Waals surface area contributed by atoms with E-state index in [9.17, 15) is 4.79 Å². The average molecular weight is 350 g/mol. The topological polar surface area (TPSA) is 55.1 Å². The molecule has 1 N–H and O–H groups in total. The second-order valence-corrected chi connectivity index (χ2v) is 7.28. The molecule has 0 aliphatic carbocycles. The summed E-state index contributed by atoms with van der Waals surface area (Å²) in [5.74, 6) is 1.48. The van der Waals surface area contributed by atoms with Crippen molar-refractivity contribution in [2.24, 2.45) is 5.92 Å². The van der Waals surface area contributed by atoms with Crippen LogP contribution >= 0.6 is 0 Å². The Morgan fingerprint density at radius 1 is 1.12 bits per heavy atom. The zero-order chi connectivity index (χ0) is 18.7. The number of hydrogen-bond donors (Lipinski definition) is 1. The minimum atomic E-state index is 0.0344. The van der Waals surface area contributed by atoms with Gasteiger partial charge in [0.05, 0.1) is 0 Å². The summed E-state index contributed by atoms with van der Waals surface area (Å²) in [6.45, 7) is 8.46. The molecule has 0 saturated carbocycles. The van der Waals surface area contributed by atoms with Gasteiger partial charge in [0.1, 0.15) is 5.52 Å². The van der Waals surface area contributed by atoms with E-state index in [1.807, 2.05) is 44.2 Å². The summed E-state index contributed by atoms with van der Waals surface area (Å²) in [7, 11) is 0. The van der Waals surface area contributed by atoms with E-state index in [-0.39, 0.29) is 5.91 Å². The quantitative estimate of drug-likeness (QED) is 0.594. The van der Waals surface area contributed by atoms with Crippen LogP contribution in [0.4, 0.5) is 5.69 Å². The third-order valence-electron chi connectivity index (χ3n) is 4.60. The zero-order valence-corrected chi connectivity index (χ0v) is 15.9. The number of carbonyl (C=O) groups excluding carboxylic acids is 1. The molecule has 1 atom stereocenters. The summed E-state index contributed by atoms with van der Waals surface area (Å²) in [5, 5.41) is 2.91. The number of fused-ring (bicyclic) bond motifs is 1. The third kappa shape index (κ3) is 4.13. The molecule has 3 rings (SSSR count). The fourth-order valence-electron chi connectivity index (χ4n) is 2.89. The summed E-state index contributed by atoms with van der Waals surface area (Å²) in [5.41, 5.74) is 4.64. The Kier molecular flexibility index (Phi) is 5.40. The molecule has 1 unspecified atom stereocenters. The number of hydrogen-bond acceptors (Lipinski definition) is 3. The normalized spacial score (nSPS) is 12.5. The van der Waals surface area contributed by atoms with Gasteiger partial charge in [-0.3, -0.25) is 4.79 Å². The highest BCUT2D eigenvalue weighted by molar-refractivity contribution is 5.91. The number of carbonyl (C=O) groups is 1. The lowest BCUT2D eigenvalue weighted by Gasteiger charge is -2.07. The molecule has 0 bridgehead atoms. The van der Waals surface area contributed by atoms with Crippen LogP contribution in [0.25, 0.3) is 22.6 Å². The molecule has 2 aromatic carbocycles. The lowest BCUT2D eigenvalue weighted by molar-refractivity contribution is -0.116. The standard InChI is InChI=1S/C22H26N2O2/c1-5-15(4)17-8-11-20-19(13-17)24-22(26-20)16-6-9-18(10-7-16)23-21(25)12-14(2)3/h6-11,13-15H,5,12H2,1-4H3,(H,23,25). The molecule has 4 heteroatoms. The first-order valence-corrected chi connectivity index (χ1v) is 9.27. The molecule has 26 heavy (non-hydrogen) atoms. The summed E-state index contributed by atoms with van der Waals surface area (Å²) in [6, 6.07) is 13.8. The predicted octanol–water partition coefficient (Wildman–Crippen LogP) is 5.99. The Morgan fingerprint density at radius 2 is 1.85 bits per heavy atom. The fraction of sp³-hybridized carbons (Fsp3) is 0.364. The van der Waals surface area contributed by atoms with Gasteiger partial charge in [0.25, 0.3) is 0 Å². The highest BCUT2D eigenvalue weighted by Crippen LogP contribution is 2.28. The zero-order valence-electron chi connectivity index (χ0n) is 15.9. The van der Waals surface area contributed by atoms with E-state index in [0.717, 1.165) is 28.8 Å². The first-order valence-electron chi connectivity index (χ1n) is 9.27. The summed E-state index contributed by atoms with van der Waals surface area (Å²) < 4.78 is 5.90. The van der Waals surface area contributed by atoms with Crippen LogP contribution < -0.4 is 5.32 Å². The number of oxazole rings is 1. The number of aromatic nitrogens is 1. The molecule has 0 saturated heterocycles. The van der Waals surface area contributed by atoms with Crippen LogP contribution in [-0.2, 0) is 4.79 Å². The van der Waals surface area contributed by atoms with Crippen molar-refractivity contribution in [3.8, 4) is 11.5 Å². The monoisotopic (exact) mass is 350 g/mol. The van der Waals surface area contributed by atoms with Gasteiger partial charge >= 0.3 is 0 Å². The maximum Gasteiger partial charge on any atom is 0.227 e. The molecule has 4 nitrogen and oxygen atoms in total. The van der Waals surface area contributed by atoms with Crippen LogP contribution in [0, 0.1) is 5.92 Å². The van der Waals surface area contributed by atoms with Gasteiger partial charge < -0.3 is 9.73 Å². The van der Waals surface area contributed by atoms with Crippen molar-refractivity contribution >= 4 is 22.7 Å². The minimum absolute atomic E-state index is 0.0344. The number of benzene rings is 2. The van der Waals surface area contributed by atoms with Crippen molar-refractivity contribution in [3.05, 3.63) is 48.0 Å². The molecule has 1 amide bonds. The van der Waals surface area contributed by atoms with Crippen molar-refractivity contribution in [1.82, 2.24) is 4.98 Å². The van der Waals surface area contributed by atoms with Crippen LogP contribution in [0.2, 0.25) is 0 Å². The van der Waals surface area contributed by atoms with Gasteiger partial charge in [-0.1, -0.05) is 33.8 Å². The SMILES string of the molecule is CCC(C)c1ccc2oc(-c3ccc(NC(=O)CC(C)C)cc3)nc2c1. The summed E-state index contributed by atoms with van der Waals surface area (Å²) in [6.07, 6.45) is 1.62. The van der Waals surface area contributed by atoms with E-state index in [1.165, 1.54) is 5.56 Å². The number of amides is 1. The Bertz CT molecular complexity index is 894. The predicted molar refractivity (Wildman–Crippen MR) is 106 cm³/mol. The molecule has 1 aromatic heterocycles. The van der Waals surface area contributed by atoms with E-state index in [4.69, 9.17) is 4.42 Å². The molecule has 3 aromatic rings. The summed E-state index contributed by atoms with van der Waals surface area (Å²) in [4.78, 5) is 16.5. The average Bonchev–Trinajstić information content (AvgIpc) is 3.04. The summed E-state index contributed by atoms with van der Waals surface area (Å²) >= 11 is 0. The van der Waals surface area contributed by atoms with Crippen LogP contribution in [0.1, 0.15) is 52.0 Å². The molecule has 0 aliphatic rings. The Morgan fingerprint density at radius 3 is 2.50 bits per heavy atom. The molecule has 0 spiro atoms. The Labute approximate surface area is 154 Å². The highest BCUT2D eigenvalue weighted by Gasteiger charge is 2.11. The highest BCUT2D eigenvalue weighted by atomic mass is 16.3. The first kappa shape index (κ1) is 18.2. The molecule has 0 aliphatic heterocycles. The number of nitrogens with one attached hydrogen (secondary N) is 1. The minimum Gasteiger partial charge on any atom is -0.436 e. The molecule has 0 radical (unpaired) electrons. The maximum absolute atomic E-state index is 11.9. The van der Waals surface area contributed by atoms with Gasteiger partial charge in [0.15, 0.2) is 5.58 Å². The van der Waals surface area contributed by atoms with Crippen LogP contribution in [0.5, 0.6) is 0 Å². The van der Waals surface area contributed by atoms with Crippen molar-refractivity contribution in [1.29, 1.82) is 0 Å². The Balaban J connectivity index is 1.79. The molecular weight excluding hydrogens is 324 g/mol. The first-order chi connectivity index (χ1) is 12.5. The van der Waals surface area contributed by atoms with E-state index in [0.29, 0.717) is 24.1 Å². The van der Waals surface area contributed by atoms with E-state index in [1.54, 1.807) is 0 Å². The third-order valence-corrected chi connectivity index (χ3v) is 4.60. The van der Waals surface area contributed by atoms with Crippen molar-refractivity contribution in [2.45, 2.75) is 46.5 Å². The van der Waals surface area contributed by atoms with E-state index < -0.39 is 0 Å². The van der Waals surface area contributed by atoms with Gasteiger partial charge in [-0.15, -0.1) is 0 Å². The van der Waals surface area contributed by atoms with Gasteiger partial charge in [0, 0.05) is 17.7 Å². The van der Waals surface area contributed by atoms with Gasteiger partial charge in [0.2, 0.25) is 11.8 Å². The number of rotatable bonds is 6. The smallest absolute Gasteiger partial charge is 0.227 e. The van der Waals surface area contributed by atoms with Gasteiger partial charge in [-0.05, 0) is 60.2 Å². The van der Waals surface area contributed by atoms with E-state index in [2.05, 4.69) is 36.3 Å². The van der Waals surface area contributed by atoms with Crippen molar-refractivity contribution in [2.75, 3.05) is 5.32 Å².